The number of hydrogen-bond acceptors (Lipinski definition) is 4. The van der Waals surface area contributed by atoms with Gasteiger partial charge in [0, 0.05) is 5.56 Å². The van der Waals surface area contributed by atoms with Crippen molar-refractivity contribution < 1.29 is 9.90 Å². The van der Waals surface area contributed by atoms with Crippen LogP contribution in [0, 0.1) is 0 Å². The zero-order valence-electron chi connectivity index (χ0n) is 8.89. The van der Waals surface area contributed by atoms with Crippen LogP contribution in [0.15, 0.2) is 30.6 Å². The summed E-state index contributed by atoms with van der Waals surface area (Å²) in [6.45, 7) is 0. The van der Waals surface area contributed by atoms with Gasteiger partial charge in [-0.1, -0.05) is 29.3 Å². The molecule has 7 heteroatoms. The van der Waals surface area contributed by atoms with Crippen molar-refractivity contribution in [2.45, 2.75) is 0 Å². The van der Waals surface area contributed by atoms with E-state index >= 15 is 0 Å². The van der Waals surface area contributed by atoms with E-state index in [9.17, 15) is 9.90 Å². The number of aromatic nitrogens is 2. The molecule has 18 heavy (non-hydrogen) atoms. The molecular weight excluding hydrogens is 277 g/mol. The van der Waals surface area contributed by atoms with Crippen molar-refractivity contribution in [3.05, 3.63) is 46.3 Å². The molecule has 0 aliphatic rings. The minimum atomic E-state index is -0.456. The fraction of sp³-hybridized carbons (Fsp3) is 0. The number of nitrogens with zero attached hydrogens (tertiary/aromatic N) is 2. The lowest BCUT2D eigenvalue weighted by Crippen LogP contribution is -2.13. The molecule has 2 rings (SSSR count). The Labute approximate surface area is 112 Å². The fourth-order valence-corrected chi connectivity index (χ4v) is 1.54. The van der Waals surface area contributed by atoms with Crippen LogP contribution in [-0.4, -0.2) is 21.0 Å². The quantitative estimate of drug-likeness (QED) is 0.831. The second kappa shape index (κ2) is 5.20. The van der Waals surface area contributed by atoms with Crippen LogP contribution >= 0.6 is 23.2 Å². The Kier molecular flexibility index (Phi) is 3.64. The highest BCUT2D eigenvalue weighted by Gasteiger charge is 2.12. The van der Waals surface area contributed by atoms with Gasteiger partial charge in [0.25, 0.3) is 5.91 Å². The first-order valence-electron chi connectivity index (χ1n) is 4.84. The standard InChI is InChI=1S/C11H7Cl2N3O2/c12-8-9(13)14-5-15-10(8)16-11(18)6-2-1-3-7(17)4-6/h1-5,17H,(H,14,15,16,18). The maximum atomic E-state index is 11.8. The molecule has 1 heterocycles. The molecule has 2 N–H and O–H groups in total. The molecule has 0 saturated carbocycles. The summed E-state index contributed by atoms with van der Waals surface area (Å²) in [5.41, 5.74) is 0.279. The Balaban J connectivity index is 2.24. The SMILES string of the molecule is O=C(Nc1ncnc(Cl)c1Cl)c1cccc(O)c1. The highest BCUT2D eigenvalue weighted by Crippen LogP contribution is 2.25. The second-order valence-corrected chi connectivity index (χ2v) is 4.07. The summed E-state index contributed by atoms with van der Waals surface area (Å²) in [5.74, 6) is -0.345. The van der Waals surface area contributed by atoms with Crippen LogP contribution in [0.1, 0.15) is 10.4 Å². The summed E-state index contributed by atoms with van der Waals surface area (Å²) in [5, 5.41) is 11.9. The number of aromatic hydroxyl groups is 1. The molecule has 0 aliphatic carbocycles. The molecule has 0 spiro atoms. The van der Waals surface area contributed by atoms with Crippen LogP contribution < -0.4 is 5.32 Å². The number of phenolic OH excluding ortho intramolecular Hbond substituents is 1. The van der Waals surface area contributed by atoms with Gasteiger partial charge in [0.15, 0.2) is 11.0 Å². The summed E-state index contributed by atoms with van der Waals surface area (Å²) >= 11 is 11.5. The lowest BCUT2D eigenvalue weighted by Gasteiger charge is -2.06. The van der Waals surface area contributed by atoms with Gasteiger partial charge in [-0.05, 0) is 18.2 Å². The van der Waals surface area contributed by atoms with Crippen LogP contribution in [-0.2, 0) is 0 Å². The highest BCUT2D eigenvalue weighted by atomic mass is 35.5. The molecule has 0 bridgehead atoms. The number of phenols is 1. The van der Waals surface area contributed by atoms with Gasteiger partial charge in [-0.3, -0.25) is 4.79 Å². The third-order valence-electron chi connectivity index (χ3n) is 2.09. The van der Waals surface area contributed by atoms with E-state index in [0.29, 0.717) is 0 Å². The van der Waals surface area contributed by atoms with Crippen LogP contribution in [0.4, 0.5) is 5.82 Å². The molecule has 0 fully saturated rings. The van der Waals surface area contributed by atoms with Gasteiger partial charge in [0.1, 0.15) is 17.1 Å². The van der Waals surface area contributed by atoms with Gasteiger partial charge in [-0.15, -0.1) is 0 Å². The molecular formula is C11H7Cl2N3O2. The van der Waals surface area contributed by atoms with Gasteiger partial charge in [-0.2, -0.15) is 0 Å². The Bertz CT molecular complexity index is 605. The monoisotopic (exact) mass is 283 g/mol. The Morgan fingerprint density at radius 3 is 2.78 bits per heavy atom. The lowest BCUT2D eigenvalue weighted by molar-refractivity contribution is 0.102. The number of anilines is 1. The van der Waals surface area contributed by atoms with Gasteiger partial charge in [-0.25, -0.2) is 9.97 Å². The number of rotatable bonds is 2. The molecule has 1 aromatic heterocycles. The van der Waals surface area contributed by atoms with Crippen LogP contribution in [0.25, 0.3) is 0 Å². The third kappa shape index (κ3) is 2.69. The molecule has 0 aliphatic heterocycles. The number of carbonyl (C=O) groups excluding carboxylic acids is 1. The van der Waals surface area contributed by atoms with Crippen molar-refractivity contribution in [3.63, 3.8) is 0 Å². The van der Waals surface area contributed by atoms with E-state index in [1.54, 1.807) is 12.1 Å². The molecule has 2 aromatic rings. The number of hydrogen-bond donors (Lipinski definition) is 2. The molecule has 1 amide bonds. The molecule has 1 aromatic carbocycles. The van der Waals surface area contributed by atoms with E-state index in [1.807, 2.05) is 0 Å². The fourth-order valence-electron chi connectivity index (χ4n) is 1.26. The first-order valence-corrected chi connectivity index (χ1v) is 5.60. The minimum Gasteiger partial charge on any atom is -0.508 e. The Hall–Kier alpha value is -1.85. The maximum Gasteiger partial charge on any atom is 0.256 e. The van der Waals surface area contributed by atoms with Gasteiger partial charge >= 0.3 is 0 Å². The highest BCUT2D eigenvalue weighted by molar-refractivity contribution is 6.43. The van der Waals surface area contributed by atoms with E-state index in [-0.39, 0.29) is 27.3 Å². The first kappa shape index (κ1) is 12.6. The van der Waals surface area contributed by atoms with Crippen molar-refractivity contribution in [3.8, 4) is 5.75 Å². The summed E-state index contributed by atoms with van der Waals surface area (Å²) in [6.07, 6.45) is 1.19. The predicted molar refractivity (Wildman–Crippen MR) is 68.1 cm³/mol. The van der Waals surface area contributed by atoms with Gasteiger partial charge in [0.05, 0.1) is 0 Å². The predicted octanol–water partition coefficient (Wildman–Crippen LogP) is 2.74. The zero-order chi connectivity index (χ0) is 13.1. The Morgan fingerprint density at radius 1 is 1.28 bits per heavy atom. The largest absolute Gasteiger partial charge is 0.508 e. The molecule has 5 nitrogen and oxygen atoms in total. The van der Waals surface area contributed by atoms with Crippen molar-refractivity contribution in [2.75, 3.05) is 5.32 Å². The van der Waals surface area contributed by atoms with Crippen LogP contribution in [0.5, 0.6) is 5.75 Å². The average Bonchev–Trinajstić information content (AvgIpc) is 2.35. The van der Waals surface area contributed by atoms with E-state index < -0.39 is 5.91 Å². The summed E-state index contributed by atoms with van der Waals surface area (Å²) in [7, 11) is 0. The number of carbonyl (C=O) groups is 1. The van der Waals surface area contributed by atoms with Crippen LogP contribution in [0.3, 0.4) is 0 Å². The molecule has 0 unspecified atom stereocenters. The lowest BCUT2D eigenvalue weighted by atomic mass is 10.2. The summed E-state index contributed by atoms with van der Waals surface area (Å²) < 4.78 is 0. The number of amides is 1. The van der Waals surface area contributed by atoms with Crippen molar-refractivity contribution in [2.24, 2.45) is 0 Å². The van der Waals surface area contributed by atoms with Crippen molar-refractivity contribution >= 4 is 34.9 Å². The molecule has 0 atom stereocenters. The smallest absolute Gasteiger partial charge is 0.256 e. The van der Waals surface area contributed by atoms with E-state index in [1.165, 1.54) is 18.5 Å². The topological polar surface area (TPSA) is 75.1 Å². The summed E-state index contributed by atoms with van der Waals surface area (Å²) in [6, 6.07) is 5.89. The van der Waals surface area contributed by atoms with Gasteiger partial charge < -0.3 is 10.4 Å². The van der Waals surface area contributed by atoms with E-state index in [0.717, 1.165) is 0 Å². The minimum absolute atomic E-state index is 0.00512. The van der Waals surface area contributed by atoms with Crippen molar-refractivity contribution in [1.82, 2.24) is 9.97 Å². The normalized spacial score (nSPS) is 10.1. The second-order valence-electron chi connectivity index (χ2n) is 3.33. The number of halogens is 2. The van der Waals surface area contributed by atoms with E-state index in [4.69, 9.17) is 23.2 Å². The Morgan fingerprint density at radius 2 is 2.06 bits per heavy atom. The van der Waals surface area contributed by atoms with E-state index in [2.05, 4.69) is 15.3 Å². The van der Waals surface area contributed by atoms with Crippen molar-refractivity contribution in [1.29, 1.82) is 0 Å². The third-order valence-corrected chi connectivity index (χ3v) is 2.83. The number of benzene rings is 1. The molecule has 0 saturated heterocycles. The first-order chi connectivity index (χ1) is 8.58. The number of nitrogens with one attached hydrogen (secondary N) is 1. The maximum absolute atomic E-state index is 11.8. The van der Waals surface area contributed by atoms with Gasteiger partial charge in [0.2, 0.25) is 0 Å². The molecule has 92 valence electrons. The van der Waals surface area contributed by atoms with Crippen LogP contribution in [0.2, 0.25) is 10.2 Å². The molecule has 0 radical (unpaired) electrons. The average molecular weight is 284 g/mol. The zero-order valence-corrected chi connectivity index (χ0v) is 10.4. The summed E-state index contributed by atoms with van der Waals surface area (Å²) in [4.78, 5) is 19.3.